The average Bonchev–Trinajstić information content (AvgIpc) is 2.82. The van der Waals surface area contributed by atoms with Gasteiger partial charge in [-0.3, -0.25) is 19.1 Å². The van der Waals surface area contributed by atoms with E-state index in [0.717, 1.165) is 25.9 Å². The Morgan fingerprint density at radius 1 is 0.938 bits per heavy atom. The molecule has 4 aromatic rings. The Morgan fingerprint density at radius 2 is 1.62 bits per heavy atom. The summed E-state index contributed by atoms with van der Waals surface area (Å²) in [5.41, 5.74) is 1.32. The van der Waals surface area contributed by atoms with Crippen LogP contribution in [0.15, 0.2) is 88.7 Å². The number of amides is 1. The molecule has 2 heterocycles. The Balaban J connectivity index is 1.78. The molecule has 4 rings (SSSR count). The van der Waals surface area contributed by atoms with Gasteiger partial charge in [0.2, 0.25) is 5.69 Å². The van der Waals surface area contributed by atoms with Crippen molar-refractivity contribution in [2.75, 3.05) is 0 Å². The lowest BCUT2D eigenvalue weighted by Crippen LogP contribution is -2.46. The third kappa shape index (κ3) is 4.39. The SMILES string of the molecule is Cc1ccccc1Cn1c(=O)c(C(=O)NCc2ccncc2)nn(-c2ccccc2)c1=O. The van der Waals surface area contributed by atoms with Crippen LogP contribution in [0.1, 0.15) is 27.2 Å². The topological polar surface area (TPSA) is 98.9 Å². The van der Waals surface area contributed by atoms with E-state index < -0.39 is 17.2 Å². The molecule has 1 amide bonds. The summed E-state index contributed by atoms with van der Waals surface area (Å²) in [5, 5.41) is 6.82. The number of pyridine rings is 1. The fraction of sp³-hybridized carbons (Fsp3) is 0.125. The lowest BCUT2D eigenvalue weighted by molar-refractivity contribution is 0.0941. The number of aromatic nitrogens is 4. The standard InChI is InChI=1S/C24H21N5O3/c1-17-7-5-6-8-19(17)16-28-23(31)21(22(30)26-15-18-11-13-25-14-12-18)27-29(24(28)32)20-9-3-2-4-10-20/h2-14H,15-16H2,1H3,(H,26,30). The molecule has 1 N–H and O–H groups in total. The number of hydrogen-bond donors (Lipinski definition) is 1. The quantitative estimate of drug-likeness (QED) is 0.508. The number of benzene rings is 2. The third-order valence-electron chi connectivity index (χ3n) is 5.07. The van der Waals surface area contributed by atoms with Crippen molar-refractivity contribution in [3.05, 3.63) is 122 Å². The van der Waals surface area contributed by atoms with E-state index in [4.69, 9.17) is 0 Å². The number of carbonyl (C=O) groups excluding carboxylic acids is 1. The minimum Gasteiger partial charge on any atom is -0.346 e. The first-order chi connectivity index (χ1) is 15.5. The molecule has 2 aromatic carbocycles. The predicted octanol–water partition coefficient (Wildman–Crippen LogP) is 2.08. The van der Waals surface area contributed by atoms with Gasteiger partial charge in [-0.05, 0) is 47.9 Å². The van der Waals surface area contributed by atoms with Gasteiger partial charge in [0.05, 0.1) is 12.2 Å². The molecule has 0 saturated heterocycles. The molecule has 0 aliphatic carbocycles. The van der Waals surface area contributed by atoms with Crippen LogP contribution in [-0.4, -0.2) is 25.2 Å². The second-order valence-electron chi connectivity index (χ2n) is 7.23. The van der Waals surface area contributed by atoms with Gasteiger partial charge < -0.3 is 5.32 Å². The van der Waals surface area contributed by atoms with E-state index in [9.17, 15) is 14.4 Å². The fourth-order valence-electron chi connectivity index (χ4n) is 3.26. The van der Waals surface area contributed by atoms with Crippen molar-refractivity contribution < 1.29 is 4.79 Å². The van der Waals surface area contributed by atoms with Crippen molar-refractivity contribution in [1.82, 2.24) is 24.6 Å². The number of para-hydroxylation sites is 1. The van der Waals surface area contributed by atoms with E-state index in [1.54, 1.807) is 54.9 Å². The molecule has 0 radical (unpaired) electrons. The summed E-state index contributed by atoms with van der Waals surface area (Å²) >= 11 is 0. The normalized spacial score (nSPS) is 10.7. The summed E-state index contributed by atoms with van der Waals surface area (Å²) in [6.45, 7) is 2.13. The molecule has 32 heavy (non-hydrogen) atoms. The van der Waals surface area contributed by atoms with Crippen LogP contribution in [0.5, 0.6) is 0 Å². The van der Waals surface area contributed by atoms with E-state index >= 15 is 0 Å². The van der Waals surface area contributed by atoms with Gasteiger partial charge in [-0.2, -0.15) is 9.78 Å². The molecule has 0 atom stereocenters. The van der Waals surface area contributed by atoms with Gasteiger partial charge in [0.25, 0.3) is 11.5 Å². The van der Waals surface area contributed by atoms with Gasteiger partial charge >= 0.3 is 5.69 Å². The van der Waals surface area contributed by atoms with Gasteiger partial charge in [-0.25, -0.2) is 4.79 Å². The molecule has 2 aromatic heterocycles. The molecule has 0 aliphatic rings. The van der Waals surface area contributed by atoms with Gasteiger partial charge in [-0.15, -0.1) is 0 Å². The molecule has 0 saturated carbocycles. The maximum atomic E-state index is 13.2. The summed E-state index contributed by atoms with van der Waals surface area (Å²) in [6.07, 6.45) is 3.23. The second-order valence-corrected chi connectivity index (χ2v) is 7.23. The van der Waals surface area contributed by atoms with Crippen LogP contribution >= 0.6 is 0 Å². The number of aryl methyl sites for hydroxylation is 1. The van der Waals surface area contributed by atoms with Crippen molar-refractivity contribution in [2.24, 2.45) is 0 Å². The zero-order valence-corrected chi connectivity index (χ0v) is 17.4. The Bertz CT molecular complexity index is 1360. The van der Waals surface area contributed by atoms with Crippen LogP contribution < -0.4 is 16.6 Å². The summed E-state index contributed by atoms with van der Waals surface area (Å²) in [4.78, 5) is 43.2. The largest absolute Gasteiger partial charge is 0.352 e. The van der Waals surface area contributed by atoms with Crippen molar-refractivity contribution in [1.29, 1.82) is 0 Å². The fourth-order valence-corrected chi connectivity index (χ4v) is 3.26. The van der Waals surface area contributed by atoms with Gasteiger partial charge in [0.15, 0.2) is 0 Å². The van der Waals surface area contributed by atoms with E-state index in [-0.39, 0.29) is 18.8 Å². The van der Waals surface area contributed by atoms with Crippen LogP contribution in [0.2, 0.25) is 0 Å². The van der Waals surface area contributed by atoms with Crippen LogP contribution in [-0.2, 0) is 13.1 Å². The average molecular weight is 427 g/mol. The second kappa shape index (κ2) is 9.22. The van der Waals surface area contributed by atoms with Crippen LogP contribution in [0.25, 0.3) is 5.69 Å². The highest BCUT2D eigenvalue weighted by Crippen LogP contribution is 2.08. The highest BCUT2D eigenvalue weighted by Gasteiger charge is 2.20. The lowest BCUT2D eigenvalue weighted by Gasteiger charge is -2.13. The number of rotatable bonds is 6. The lowest BCUT2D eigenvalue weighted by atomic mass is 10.1. The van der Waals surface area contributed by atoms with E-state index in [1.807, 2.05) is 31.2 Å². The van der Waals surface area contributed by atoms with Crippen molar-refractivity contribution >= 4 is 5.91 Å². The smallest absolute Gasteiger partial charge is 0.346 e. The first-order valence-electron chi connectivity index (χ1n) is 10.1. The van der Waals surface area contributed by atoms with Crippen LogP contribution in [0.4, 0.5) is 0 Å². The molecular formula is C24H21N5O3. The van der Waals surface area contributed by atoms with Gasteiger partial charge in [-0.1, -0.05) is 42.5 Å². The molecule has 0 spiro atoms. The minimum atomic E-state index is -0.738. The minimum absolute atomic E-state index is 0.0321. The Morgan fingerprint density at radius 3 is 2.34 bits per heavy atom. The maximum Gasteiger partial charge on any atom is 0.352 e. The van der Waals surface area contributed by atoms with Gasteiger partial charge in [0, 0.05) is 18.9 Å². The molecule has 8 heteroatoms. The molecule has 0 bridgehead atoms. The highest BCUT2D eigenvalue weighted by atomic mass is 16.2. The monoisotopic (exact) mass is 427 g/mol. The first kappa shape index (κ1) is 20.9. The zero-order valence-electron chi connectivity index (χ0n) is 17.4. The van der Waals surface area contributed by atoms with Crippen molar-refractivity contribution in [2.45, 2.75) is 20.0 Å². The highest BCUT2D eigenvalue weighted by molar-refractivity contribution is 5.91. The Labute approximate surface area is 183 Å². The van der Waals surface area contributed by atoms with Crippen LogP contribution in [0.3, 0.4) is 0 Å². The van der Waals surface area contributed by atoms with Gasteiger partial charge in [0.1, 0.15) is 0 Å². The summed E-state index contributed by atoms with van der Waals surface area (Å²) in [6, 6.07) is 19.7. The number of carbonyl (C=O) groups is 1. The molecule has 0 unspecified atom stereocenters. The van der Waals surface area contributed by atoms with E-state index in [1.165, 1.54) is 0 Å². The molecular weight excluding hydrogens is 406 g/mol. The third-order valence-corrected chi connectivity index (χ3v) is 5.07. The van der Waals surface area contributed by atoms with Crippen molar-refractivity contribution in [3.8, 4) is 5.69 Å². The van der Waals surface area contributed by atoms with Crippen LogP contribution in [0, 0.1) is 6.92 Å². The number of hydrogen-bond acceptors (Lipinski definition) is 5. The van der Waals surface area contributed by atoms with Crippen molar-refractivity contribution in [3.63, 3.8) is 0 Å². The Hall–Kier alpha value is -4.33. The summed E-state index contributed by atoms with van der Waals surface area (Å²) < 4.78 is 2.13. The summed E-state index contributed by atoms with van der Waals surface area (Å²) in [5.74, 6) is -0.657. The molecule has 0 aliphatic heterocycles. The summed E-state index contributed by atoms with van der Waals surface area (Å²) in [7, 11) is 0. The number of nitrogens with zero attached hydrogens (tertiary/aromatic N) is 4. The molecule has 8 nitrogen and oxygen atoms in total. The molecule has 0 fully saturated rings. The first-order valence-corrected chi connectivity index (χ1v) is 10.1. The maximum absolute atomic E-state index is 13.2. The molecule has 160 valence electrons. The predicted molar refractivity (Wildman–Crippen MR) is 120 cm³/mol. The van der Waals surface area contributed by atoms with E-state index in [2.05, 4.69) is 15.4 Å². The zero-order chi connectivity index (χ0) is 22.5. The Kier molecular flexibility index (Phi) is 6.03. The van der Waals surface area contributed by atoms with E-state index in [0.29, 0.717) is 5.69 Å². The number of nitrogens with one attached hydrogen (secondary N) is 1.